The third-order valence-electron chi connectivity index (χ3n) is 1.92. The van der Waals surface area contributed by atoms with E-state index in [0.717, 1.165) is 22.5 Å². The van der Waals surface area contributed by atoms with E-state index in [9.17, 15) is 0 Å². The van der Waals surface area contributed by atoms with E-state index in [1.807, 2.05) is 59.7 Å². The number of hydrogen-bond acceptors (Lipinski definition) is 4. The van der Waals surface area contributed by atoms with Crippen LogP contribution in [0.3, 0.4) is 0 Å². The molecule has 1 aromatic carbocycles. The van der Waals surface area contributed by atoms with Crippen molar-refractivity contribution in [1.29, 1.82) is 0 Å². The van der Waals surface area contributed by atoms with Gasteiger partial charge in [-0.15, -0.1) is 0 Å². The van der Waals surface area contributed by atoms with E-state index in [2.05, 4.69) is 28.6 Å². The summed E-state index contributed by atoms with van der Waals surface area (Å²) >= 11 is 0. The molecule has 102 valence electrons. The van der Waals surface area contributed by atoms with Crippen molar-refractivity contribution in [1.82, 2.24) is 15.4 Å². The van der Waals surface area contributed by atoms with Gasteiger partial charge in [-0.05, 0) is 26.0 Å². The van der Waals surface area contributed by atoms with Crippen molar-refractivity contribution in [2.75, 3.05) is 11.5 Å². The summed E-state index contributed by atoms with van der Waals surface area (Å²) in [6.07, 6.45) is 0. The van der Waals surface area contributed by atoms with Gasteiger partial charge in [0.05, 0.1) is 0 Å². The lowest BCUT2D eigenvalue weighted by atomic mass is 10.3. The van der Waals surface area contributed by atoms with Crippen molar-refractivity contribution in [2.45, 2.75) is 13.8 Å². The zero-order valence-electron chi connectivity index (χ0n) is 11.3. The van der Waals surface area contributed by atoms with Crippen molar-refractivity contribution in [2.24, 2.45) is 0 Å². The van der Waals surface area contributed by atoms with Crippen LogP contribution in [0.2, 0.25) is 0 Å². The number of H-pyrrole nitrogens is 1. The number of nitrogens with zero attached hydrogens (tertiary/aromatic N) is 2. The quantitative estimate of drug-likeness (QED) is 0.501. The van der Waals surface area contributed by atoms with E-state index >= 15 is 0 Å². The Labute approximate surface area is 122 Å². The van der Waals surface area contributed by atoms with Crippen molar-refractivity contribution >= 4 is 32.6 Å². The number of aromatic amines is 1. The number of benzene rings is 1. The normalized spacial score (nSPS) is 9.79. The van der Waals surface area contributed by atoms with Crippen molar-refractivity contribution in [3.63, 3.8) is 0 Å². The second-order valence-corrected chi connectivity index (χ2v) is 6.71. The van der Waals surface area contributed by atoms with E-state index in [0.29, 0.717) is 0 Å². The Kier molecular flexibility index (Phi) is 7.36. The van der Waals surface area contributed by atoms with E-state index in [4.69, 9.17) is 0 Å². The van der Waals surface area contributed by atoms with Crippen LogP contribution < -0.4 is 0 Å². The Bertz CT molecular complexity index is 488. The van der Waals surface area contributed by atoms with Gasteiger partial charge >= 0.3 is 0 Å². The molecule has 0 atom stereocenters. The fraction of sp³-hybridized carbons (Fsp3) is 0.286. The Hall–Kier alpha value is -1.20. The summed E-state index contributed by atoms with van der Waals surface area (Å²) in [6.45, 7) is 11.7. The monoisotopic (exact) mass is 293 g/mol. The molecule has 19 heavy (non-hydrogen) atoms. The number of nitrogens with one attached hydrogen (secondary N) is 1. The van der Waals surface area contributed by atoms with Crippen LogP contribution in [0.15, 0.2) is 48.6 Å². The highest BCUT2D eigenvalue weighted by atomic mass is 33.1. The molecule has 5 heteroatoms. The van der Waals surface area contributed by atoms with Crippen LogP contribution in [0.5, 0.6) is 0 Å². The second kappa shape index (κ2) is 8.82. The lowest BCUT2D eigenvalue weighted by Gasteiger charge is -1.98. The molecular weight excluding hydrogens is 274 g/mol. The molecule has 1 aromatic heterocycles. The summed E-state index contributed by atoms with van der Waals surface area (Å²) in [5, 5.41) is 10.3. The molecule has 0 saturated heterocycles. The molecule has 0 amide bonds. The number of fused-ring (bicyclic) bond motifs is 1. The maximum absolute atomic E-state index is 3.88. The predicted octanol–water partition coefficient (Wildman–Crippen LogP) is 4.48. The van der Waals surface area contributed by atoms with Gasteiger partial charge in [0.1, 0.15) is 11.0 Å². The fourth-order valence-corrected chi connectivity index (χ4v) is 3.35. The summed E-state index contributed by atoms with van der Waals surface area (Å²) in [7, 11) is 3.69. The molecular formula is C14H19N3S2. The molecule has 0 saturated carbocycles. The third kappa shape index (κ3) is 7.08. The zero-order chi connectivity index (χ0) is 14.1. The van der Waals surface area contributed by atoms with Gasteiger partial charge in [-0.25, -0.2) is 0 Å². The van der Waals surface area contributed by atoms with Gasteiger partial charge in [-0.2, -0.15) is 15.4 Å². The largest absolute Gasteiger partial charge is 0.197 e. The van der Waals surface area contributed by atoms with Crippen LogP contribution in [-0.2, 0) is 0 Å². The van der Waals surface area contributed by atoms with Crippen LogP contribution in [-0.4, -0.2) is 26.9 Å². The Balaban J connectivity index is 0.000000190. The van der Waals surface area contributed by atoms with Gasteiger partial charge in [0, 0.05) is 11.5 Å². The van der Waals surface area contributed by atoms with Gasteiger partial charge < -0.3 is 0 Å². The molecule has 0 radical (unpaired) electrons. The number of rotatable bonds is 5. The molecule has 2 rings (SSSR count). The first-order valence-electron chi connectivity index (χ1n) is 5.88. The van der Waals surface area contributed by atoms with E-state index in [-0.39, 0.29) is 0 Å². The average molecular weight is 293 g/mol. The molecule has 0 aliphatic heterocycles. The van der Waals surface area contributed by atoms with Crippen molar-refractivity contribution < 1.29 is 0 Å². The Morgan fingerprint density at radius 1 is 1.00 bits per heavy atom. The summed E-state index contributed by atoms with van der Waals surface area (Å²) < 4.78 is 0. The predicted molar refractivity (Wildman–Crippen MR) is 88.4 cm³/mol. The number of para-hydroxylation sites is 2. The van der Waals surface area contributed by atoms with Crippen LogP contribution in [0.1, 0.15) is 13.8 Å². The highest BCUT2D eigenvalue weighted by Crippen LogP contribution is 2.24. The first-order chi connectivity index (χ1) is 9.09. The Morgan fingerprint density at radius 3 is 1.79 bits per heavy atom. The van der Waals surface area contributed by atoms with E-state index in [1.165, 1.54) is 11.1 Å². The van der Waals surface area contributed by atoms with Gasteiger partial charge in [0.25, 0.3) is 0 Å². The van der Waals surface area contributed by atoms with Crippen LogP contribution in [0, 0.1) is 0 Å². The molecule has 2 aromatic rings. The molecule has 0 spiro atoms. The molecule has 1 N–H and O–H groups in total. The number of aromatic nitrogens is 3. The molecule has 0 aliphatic carbocycles. The fourth-order valence-electron chi connectivity index (χ4n) is 1.07. The molecule has 0 fully saturated rings. The van der Waals surface area contributed by atoms with Crippen LogP contribution in [0.25, 0.3) is 11.0 Å². The van der Waals surface area contributed by atoms with Crippen molar-refractivity contribution in [3.05, 3.63) is 48.6 Å². The van der Waals surface area contributed by atoms with Gasteiger partial charge in [-0.3, -0.25) is 0 Å². The lowest BCUT2D eigenvalue weighted by Crippen LogP contribution is -1.77. The van der Waals surface area contributed by atoms with Crippen LogP contribution >= 0.6 is 21.6 Å². The first-order valence-corrected chi connectivity index (χ1v) is 8.37. The van der Waals surface area contributed by atoms with Crippen LogP contribution in [0.4, 0.5) is 0 Å². The molecule has 1 heterocycles. The van der Waals surface area contributed by atoms with E-state index in [1.54, 1.807) is 0 Å². The molecule has 0 bridgehead atoms. The highest BCUT2D eigenvalue weighted by molar-refractivity contribution is 8.76. The zero-order valence-corrected chi connectivity index (χ0v) is 13.0. The van der Waals surface area contributed by atoms with Gasteiger partial charge in [-0.1, -0.05) is 58.0 Å². The minimum Gasteiger partial charge on any atom is -0.197 e. The average Bonchev–Trinajstić information content (AvgIpc) is 2.83. The van der Waals surface area contributed by atoms with E-state index < -0.39 is 0 Å². The second-order valence-electron chi connectivity index (χ2n) is 4.25. The number of hydrogen-bond donors (Lipinski definition) is 1. The molecule has 3 nitrogen and oxygen atoms in total. The minimum absolute atomic E-state index is 0.914. The SMILES string of the molecule is C=C(C)CSSCC(=C)C.c1ccc2n[nH]nc2c1. The lowest BCUT2D eigenvalue weighted by molar-refractivity contribution is 0.959. The summed E-state index contributed by atoms with van der Waals surface area (Å²) in [5.74, 6) is 2.11. The highest BCUT2D eigenvalue weighted by Gasteiger charge is 1.91. The third-order valence-corrected chi connectivity index (χ3v) is 4.51. The summed E-state index contributed by atoms with van der Waals surface area (Å²) in [4.78, 5) is 0. The van der Waals surface area contributed by atoms with Gasteiger partial charge in [0.15, 0.2) is 0 Å². The maximum atomic E-state index is 3.88. The maximum Gasteiger partial charge on any atom is 0.112 e. The minimum atomic E-state index is 0.914. The smallest absolute Gasteiger partial charge is 0.112 e. The summed E-state index contributed by atoms with van der Waals surface area (Å²) in [6, 6.07) is 7.70. The summed E-state index contributed by atoms with van der Waals surface area (Å²) in [5.41, 5.74) is 4.30. The Morgan fingerprint density at radius 2 is 1.42 bits per heavy atom. The molecule has 0 aliphatic rings. The standard InChI is InChI=1S/C8H14S2.C6H5N3/c1-7(2)5-9-10-6-8(3)4;1-2-4-6-5(3-1)7-9-8-6/h1,3,5-6H2,2,4H3;1-4H,(H,7,8,9). The first kappa shape index (κ1) is 15.9. The van der Waals surface area contributed by atoms with Gasteiger partial charge in [0.2, 0.25) is 0 Å². The topological polar surface area (TPSA) is 41.6 Å². The van der Waals surface area contributed by atoms with Crippen molar-refractivity contribution in [3.8, 4) is 0 Å². The molecule has 0 unspecified atom stereocenters.